The van der Waals surface area contributed by atoms with Crippen LogP contribution in [0.4, 0.5) is 10.6 Å². The van der Waals surface area contributed by atoms with Crippen LogP contribution >= 0.6 is 0 Å². The van der Waals surface area contributed by atoms with Gasteiger partial charge in [-0.2, -0.15) is 5.10 Å². The van der Waals surface area contributed by atoms with Crippen LogP contribution in [0.1, 0.15) is 6.42 Å². The molecule has 6 heteroatoms. The summed E-state index contributed by atoms with van der Waals surface area (Å²) in [5, 5.41) is 7.94. The van der Waals surface area contributed by atoms with Crippen LogP contribution in [0.25, 0.3) is 12.7 Å². The summed E-state index contributed by atoms with van der Waals surface area (Å²) in [5.41, 5.74) is 0. The van der Waals surface area contributed by atoms with E-state index in [9.17, 15) is 9.59 Å². The van der Waals surface area contributed by atoms with Gasteiger partial charge in [0.2, 0.25) is 5.91 Å². The van der Waals surface area contributed by atoms with Gasteiger partial charge in [-0.1, -0.05) is 19.2 Å². The molecule has 1 aromatic rings. The molecular formula is C12H14N4O2. The second-order valence-corrected chi connectivity index (χ2v) is 3.97. The van der Waals surface area contributed by atoms with Crippen molar-refractivity contribution in [2.24, 2.45) is 7.05 Å². The summed E-state index contributed by atoms with van der Waals surface area (Å²) in [6, 6.07) is -0.459. The Bertz CT molecular complexity index is 629. The van der Waals surface area contributed by atoms with E-state index in [1.807, 2.05) is 0 Å². The van der Waals surface area contributed by atoms with Crippen molar-refractivity contribution in [1.82, 2.24) is 15.1 Å². The number of nitrogens with zero attached hydrogens (tertiary/aromatic N) is 3. The summed E-state index contributed by atoms with van der Waals surface area (Å²) >= 11 is 0. The summed E-state index contributed by atoms with van der Waals surface area (Å²) < 4.78 is 1.63. The van der Waals surface area contributed by atoms with Crippen LogP contribution in [-0.4, -0.2) is 28.3 Å². The maximum atomic E-state index is 11.7. The molecule has 0 saturated carbocycles. The summed E-state index contributed by atoms with van der Waals surface area (Å²) in [5.74, 6) is 0.200. The lowest BCUT2D eigenvalue weighted by Crippen LogP contribution is -2.51. The highest BCUT2D eigenvalue weighted by atomic mass is 16.2. The number of hydrogen-bond donors (Lipinski definition) is 1. The fourth-order valence-electron chi connectivity index (χ4n) is 1.87. The molecule has 0 radical (unpaired) electrons. The number of rotatable bonds is 2. The highest BCUT2D eigenvalue weighted by molar-refractivity contribution is 6.05. The fraction of sp³-hybridized carbons (Fsp3) is 0.250. The minimum atomic E-state index is -0.459. The van der Waals surface area contributed by atoms with E-state index in [1.165, 1.54) is 4.90 Å². The van der Waals surface area contributed by atoms with Gasteiger partial charge in [-0.25, -0.2) is 4.79 Å². The average Bonchev–Trinajstić information content (AvgIpc) is 2.58. The zero-order valence-corrected chi connectivity index (χ0v) is 10.1. The third kappa shape index (κ3) is 1.92. The number of imide groups is 1. The van der Waals surface area contributed by atoms with Gasteiger partial charge in [0.1, 0.15) is 0 Å². The van der Waals surface area contributed by atoms with Gasteiger partial charge in [0.05, 0.1) is 5.35 Å². The maximum absolute atomic E-state index is 11.7. The number of amides is 3. The van der Waals surface area contributed by atoms with Crippen molar-refractivity contribution < 1.29 is 9.59 Å². The highest BCUT2D eigenvalue weighted by Crippen LogP contribution is 2.07. The Morgan fingerprint density at radius 2 is 2.17 bits per heavy atom. The van der Waals surface area contributed by atoms with Crippen molar-refractivity contribution in [2.45, 2.75) is 6.42 Å². The van der Waals surface area contributed by atoms with Crippen LogP contribution in [-0.2, 0) is 11.8 Å². The third-order valence-corrected chi connectivity index (χ3v) is 2.76. The van der Waals surface area contributed by atoms with E-state index >= 15 is 0 Å². The molecule has 1 fully saturated rings. The lowest BCUT2D eigenvalue weighted by Gasteiger charge is -2.24. The highest BCUT2D eigenvalue weighted by Gasteiger charge is 2.26. The Balaban J connectivity index is 2.47. The molecule has 1 aliphatic heterocycles. The molecule has 0 aliphatic carbocycles. The first-order chi connectivity index (χ1) is 8.54. The van der Waals surface area contributed by atoms with Crippen molar-refractivity contribution in [3.8, 4) is 0 Å². The van der Waals surface area contributed by atoms with Gasteiger partial charge in [-0.15, -0.1) is 0 Å². The molecule has 0 aromatic carbocycles. The Hall–Kier alpha value is -2.37. The van der Waals surface area contributed by atoms with Crippen LogP contribution in [0, 0.1) is 0 Å². The quantitative estimate of drug-likeness (QED) is 0.746. The Morgan fingerprint density at radius 1 is 1.44 bits per heavy atom. The minimum Gasteiger partial charge on any atom is -0.278 e. The first-order valence-corrected chi connectivity index (χ1v) is 5.50. The van der Waals surface area contributed by atoms with Crippen LogP contribution in [0.5, 0.6) is 0 Å². The molecule has 0 spiro atoms. The second-order valence-electron chi connectivity index (χ2n) is 3.97. The smallest absolute Gasteiger partial charge is 0.278 e. The zero-order valence-electron chi connectivity index (χ0n) is 10.1. The van der Waals surface area contributed by atoms with Crippen molar-refractivity contribution in [2.75, 3.05) is 11.4 Å². The van der Waals surface area contributed by atoms with E-state index in [0.717, 1.165) is 5.35 Å². The van der Waals surface area contributed by atoms with Gasteiger partial charge in [-0.3, -0.25) is 19.7 Å². The molecule has 1 aliphatic rings. The van der Waals surface area contributed by atoms with Gasteiger partial charge < -0.3 is 0 Å². The van der Waals surface area contributed by atoms with E-state index in [2.05, 4.69) is 23.6 Å². The molecule has 0 unspecified atom stereocenters. The molecule has 1 saturated heterocycles. The lowest BCUT2D eigenvalue weighted by molar-refractivity contribution is -0.120. The number of anilines is 1. The number of carbonyl (C=O) groups is 2. The van der Waals surface area contributed by atoms with Gasteiger partial charge in [0.15, 0.2) is 5.82 Å². The lowest BCUT2D eigenvalue weighted by atomic mass is 10.3. The number of aryl methyl sites for hydroxylation is 1. The van der Waals surface area contributed by atoms with E-state index in [4.69, 9.17) is 0 Å². The number of aromatic nitrogens is 2. The maximum Gasteiger partial charge on any atom is 0.329 e. The zero-order chi connectivity index (χ0) is 13.3. The first-order valence-electron chi connectivity index (χ1n) is 5.50. The van der Waals surface area contributed by atoms with E-state index < -0.39 is 6.03 Å². The number of carbonyl (C=O) groups excluding carboxylic acids is 2. The second kappa shape index (κ2) is 4.48. The molecule has 6 nitrogen and oxygen atoms in total. The predicted octanol–water partition coefficient (Wildman–Crippen LogP) is -0.757. The number of nitrogens with one attached hydrogen (secondary N) is 1. The molecule has 1 N–H and O–H groups in total. The number of hydrogen-bond acceptors (Lipinski definition) is 3. The van der Waals surface area contributed by atoms with Gasteiger partial charge in [-0.05, 0) is 6.08 Å². The van der Waals surface area contributed by atoms with E-state index in [1.54, 1.807) is 23.9 Å². The molecule has 2 rings (SSSR count). The average molecular weight is 246 g/mol. The van der Waals surface area contributed by atoms with Gasteiger partial charge in [0.25, 0.3) is 0 Å². The van der Waals surface area contributed by atoms with Crippen LogP contribution in [0.15, 0.2) is 12.7 Å². The third-order valence-electron chi connectivity index (χ3n) is 2.76. The minimum absolute atomic E-state index is 0.266. The van der Waals surface area contributed by atoms with E-state index in [-0.39, 0.29) is 12.3 Å². The summed E-state index contributed by atoms with van der Waals surface area (Å²) in [6.45, 7) is 7.86. The number of urea groups is 1. The van der Waals surface area contributed by atoms with Crippen molar-refractivity contribution in [1.29, 1.82) is 0 Å². The molecule has 18 heavy (non-hydrogen) atoms. The van der Waals surface area contributed by atoms with Crippen LogP contribution in [0.2, 0.25) is 0 Å². The van der Waals surface area contributed by atoms with Gasteiger partial charge >= 0.3 is 6.03 Å². The first kappa shape index (κ1) is 12.1. The molecular weight excluding hydrogens is 232 g/mol. The largest absolute Gasteiger partial charge is 0.329 e. The molecule has 0 bridgehead atoms. The molecule has 1 aromatic heterocycles. The predicted molar refractivity (Wildman–Crippen MR) is 68.1 cm³/mol. The Morgan fingerprint density at radius 3 is 2.78 bits per heavy atom. The molecule has 2 heterocycles. The summed E-state index contributed by atoms with van der Waals surface area (Å²) in [7, 11) is 1.76. The van der Waals surface area contributed by atoms with Crippen LogP contribution < -0.4 is 20.8 Å². The SMILES string of the molecule is C=C/C=c1\c(=C)c(N2CCC(=O)NC2=O)nn1C. The van der Waals surface area contributed by atoms with Crippen molar-refractivity contribution in [3.05, 3.63) is 23.2 Å². The summed E-state index contributed by atoms with van der Waals surface area (Å²) in [4.78, 5) is 24.2. The molecule has 0 atom stereocenters. The van der Waals surface area contributed by atoms with E-state index in [0.29, 0.717) is 17.6 Å². The summed E-state index contributed by atoms with van der Waals surface area (Å²) in [6.07, 6.45) is 3.67. The Kier molecular flexibility index (Phi) is 3.01. The fourth-order valence-corrected chi connectivity index (χ4v) is 1.87. The molecule has 94 valence electrons. The monoisotopic (exact) mass is 246 g/mol. The molecule has 3 amide bonds. The normalized spacial score (nSPS) is 16.9. The topological polar surface area (TPSA) is 67.2 Å². The number of allylic oxidation sites excluding steroid dienone is 1. The van der Waals surface area contributed by atoms with Crippen molar-refractivity contribution in [3.63, 3.8) is 0 Å². The Labute approximate surface area is 104 Å². The van der Waals surface area contributed by atoms with Crippen LogP contribution in [0.3, 0.4) is 0 Å². The van der Waals surface area contributed by atoms with Gasteiger partial charge in [0, 0.05) is 25.2 Å². The van der Waals surface area contributed by atoms with Crippen molar-refractivity contribution >= 4 is 30.4 Å². The standard InChI is InChI=1S/C12H14N4O2/c1-4-5-9-8(2)11(14-15(9)3)16-7-6-10(17)13-12(16)18/h4-5H,1-2,6-7H2,3H3,(H,13,17,18)/b9-5+.